The second kappa shape index (κ2) is 8.98. The number of ether oxygens (including phenoxy) is 1. The summed E-state index contributed by atoms with van der Waals surface area (Å²) in [7, 11) is 0. The molecule has 0 saturated heterocycles. The monoisotopic (exact) mass is 435 g/mol. The standard InChI is InChI=1S/C24H25N3O3S/c1-14(2)30-18-9-7-17(8-10-18)19-12-20(28)25-22-21(19)23(29)27-24(26-22)31-13-16-6-4-5-15(3)11-16/h4-11,14,19H,12-13H2,1-3H3,(H2,25,26,27,28,29)/t19-/m0/s1. The zero-order valence-corrected chi connectivity index (χ0v) is 18.6. The number of rotatable bonds is 6. The predicted octanol–water partition coefficient (Wildman–Crippen LogP) is 4.63. The van der Waals surface area contributed by atoms with Gasteiger partial charge in [0.05, 0.1) is 11.7 Å². The third-order valence-electron chi connectivity index (χ3n) is 5.04. The predicted molar refractivity (Wildman–Crippen MR) is 123 cm³/mol. The number of benzene rings is 2. The number of fused-ring (bicyclic) bond motifs is 1. The van der Waals surface area contributed by atoms with Gasteiger partial charge in [-0.3, -0.25) is 9.59 Å². The molecule has 1 atom stereocenters. The highest BCUT2D eigenvalue weighted by Crippen LogP contribution is 2.35. The molecule has 0 fully saturated rings. The van der Waals surface area contributed by atoms with Gasteiger partial charge in [-0.15, -0.1) is 0 Å². The Labute approximate surface area is 185 Å². The summed E-state index contributed by atoms with van der Waals surface area (Å²) in [6.07, 6.45) is 0.285. The largest absolute Gasteiger partial charge is 0.491 e. The lowest BCUT2D eigenvalue weighted by atomic mass is 9.87. The van der Waals surface area contributed by atoms with Gasteiger partial charge in [0.1, 0.15) is 11.6 Å². The fourth-order valence-corrected chi connectivity index (χ4v) is 4.51. The maximum absolute atomic E-state index is 13.0. The first-order chi connectivity index (χ1) is 14.9. The topological polar surface area (TPSA) is 84.1 Å². The van der Waals surface area contributed by atoms with Crippen molar-refractivity contribution in [1.29, 1.82) is 0 Å². The number of nitrogens with zero attached hydrogens (tertiary/aromatic N) is 1. The van der Waals surface area contributed by atoms with Crippen LogP contribution < -0.4 is 15.6 Å². The molecule has 7 heteroatoms. The smallest absolute Gasteiger partial charge is 0.257 e. The lowest BCUT2D eigenvalue weighted by Crippen LogP contribution is -2.31. The van der Waals surface area contributed by atoms with Gasteiger partial charge in [0.15, 0.2) is 5.16 Å². The van der Waals surface area contributed by atoms with Crippen molar-refractivity contribution in [2.75, 3.05) is 5.32 Å². The number of aryl methyl sites for hydroxylation is 1. The van der Waals surface area contributed by atoms with Gasteiger partial charge >= 0.3 is 0 Å². The molecule has 6 nitrogen and oxygen atoms in total. The number of aromatic nitrogens is 2. The van der Waals surface area contributed by atoms with E-state index in [0.29, 0.717) is 22.3 Å². The first-order valence-electron chi connectivity index (χ1n) is 10.3. The fraction of sp³-hybridized carbons (Fsp3) is 0.292. The van der Waals surface area contributed by atoms with Crippen molar-refractivity contribution in [2.24, 2.45) is 0 Å². The molecule has 1 amide bonds. The van der Waals surface area contributed by atoms with E-state index in [4.69, 9.17) is 4.74 Å². The van der Waals surface area contributed by atoms with E-state index in [1.165, 1.54) is 17.3 Å². The maximum Gasteiger partial charge on any atom is 0.257 e. The minimum Gasteiger partial charge on any atom is -0.491 e. The van der Waals surface area contributed by atoms with Gasteiger partial charge in [-0.1, -0.05) is 53.7 Å². The number of H-pyrrole nitrogens is 1. The number of carbonyl (C=O) groups excluding carboxylic acids is 1. The first kappa shape index (κ1) is 21.2. The van der Waals surface area contributed by atoms with Crippen LogP contribution in [0.5, 0.6) is 5.75 Å². The lowest BCUT2D eigenvalue weighted by molar-refractivity contribution is -0.116. The fourth-order valence-electron chi connectivity index (χ4n) is 3.71. The Morgan fingerprint density at radius 1 is 1.16 bits per heavy atom. The Morgan fingerprint density at radius 2 is 1.94 bits per heavy atom. The van der Waals surface area contributed by atoms with E-state index in [1.54, 1.807) is 0 Å². The van der Waals surface area contributed by atoms with Crippen molar-refractivity contribution in [3.63, 3.8) is 0 Å². The summed E-state index contributed by atoms with van der Waals surface area (Å²) < 4.78 is 5.69. The van der Waals surface area contributed by atoms with Crippen molar-refractivity contribution in [3.05, 3.63) is 81.1 Å². The molecular weight excluding hydrogens is 410 g/mol. The van der Waals surface area contributed by atoms with Crippen molar-refractivity contribution < 1.29 is 9.53 Å². The normalized spacial score (nSPS) is 15.5. The van der Waals surface area contributed by atoms with Crippen LogP contribution in [0.15, 0.2) is 58.5 Å². The second-order valence-electron chi connectivity index (χ2n) is 7.95. The van der Waals surface area contributed by atoms with Crippen LogP contribution in [0.1, 0.15) is 48.4 Å². The Balaban J connectivity index is 1.60. The van der Waals surface area contributed by atoms with E-state index in [2.05, 4.69) is 21.4 Å². The van der Waals surface area contributed by atoms with Gasteiger partial charge in [-0.2, -0.15) is 0 Å². The number of carbonyl (C=O) groups is 1. The molecule has 2 aromatic carbocycles. The highest BCUT2D eigenvalue weighted by Gasteiger charge is 2.31. The van der Waals surface area contributed by atoms with E-state index in [-0.39, 0.29) is 29.9 Å². The van der Waals surface area contributed by atoms with Crippen LogP contribution in [0.3, 0.4) is 0 Å². The zero-order chi connectivity index (χ0) is 22.0. The van der Waals surface area contributed by atoms with Crippen LogP contribution in [-0.4, -0.2) is 22.0 Å². The summed E-state index contributed by atoms with van der Waals surface area (Å²) >= 11 is 1.44. The van der Waals surface area contributed by atoms with E-state index in [0.717, 1.165) is 16.9 Å². The lowest BCUT2D eigenvalue weighted by Gasteiger charge is -2.24. The minimum absolute atomic E-state index is 0.0785. The molecule has 3 aromatic rings. The third-order valence-corrected chi connectivity index (χ3v) is 5.99. The van der Waals surface area contributed by atoms with Crippen LogP contribution >= 0.6 is 11.8 Å². The average molecular weight is 436 g/mol. The molecule has 31 heavy (non-hydrogen) atoms. The minimum atomic E-state index is -0.344. The molecule has 0 bridgehead atoms. The Morgan fingerprint density at radius 3 is 2.65 bits per heavy atom. The molecule has 0 radical (unpaired) electrons. The third kappa shape index (κ3) is 4.99. The Hall–Kier alpha value is -3.06. The molecule has 1 aromatic heterocycles. The number of amides is 1. The number of hydrogen-bond donors (Lipinski definition) is 2. The summed E-state index contributed by atoms with van der Waals surface area (Å²) in [5.41, 5.74) is 3.50. The summed E-state index contributed by atoms with van der Waals surface area (Å²) in [5.74, 6) is 1.29. The maximum atomic E-state index is 13.0. The van der Waals surface area contributed by atoms with Gasteiger partial charge in [0, 0.05) is 18.1 Å². The van der Waals surface area contributed by atoms with Crippen LogP contribution in [0.25, 0.3) is 0 Å². The molecule has 1 aliphatic rings. The Kier molecular flexibility index (Phi) is 6.13. The summed E-state index contributed by atoms with van der Waals surface area (Å²) in [6, 6.07) is 15.8. The molecule has 0 aliphatic carbocycles. The van der Waals surface area contributed by atoms with Gasteiger partial charge in [-0.05, 0) is 44.0 Å². The number of hydrogen-bond acceptors (Lipinski definition) is 5. The molecule has 160 valence electrons. The highest BCUT2D eigenvalue weighted by atomic mass is 32.2. The van der Waals surface area contributed by atoms with E-state index in [9.17, 15) is 9.59 Å². The van der Waals surface area contributed by atoms with Crippen molar-refractivity contribution in [3.8, 4) is 5.75 Å². The van der Waals surface area contributed by atoms with E-state index >= 15 is 0 Å². The molecule has 2 heterocycles. The number of nitrogens with one attached hydrogen (secondary N) is 2. The second-order valence-corrected chi connectivity index (χ2v) is 8.92. The van der Waals surface area contributed by atoms with Crippen LogP contribution in [-0.2, 0) is 10.5 Å². The van der Waals surface area contributed by atoms with Crippen LogP contribution in [0.4, 0.5) is 5.82 Å². The van der Waals surface area contributed by atoms with Crippen molar-refractivity contribution >= 4 is 23.5 Å². The van der Waals surface area contributed by atoms with Crippen LogP contribution in [0, 0.1) is 6.92 Å². The van der Waals surface area contributed by atoms with Gasteiger partial charge in [-0.25, -0.2) is 4.98 Å². The van der Waals surface area contributed by atoms with E-state index in [1.807, 2.05) is 63.2 Å². The highest BCUT2D eigenvalue weighted by molar-refractivity contribution is 7.98. The molecule has 0 unspecified atom stereocenters. The molecule has 4 rings (SSSR count). The van der Waals surface area contributed by atoms with Crippen molar-refractivity contribution in [2.45, 2.75) is 50.1 Å². The molecule has 1 aliphatic heterocycles. The molecular formula is C24H25N3O3S. The SMILES string of the molecule is Cc1cccc(CSc2nc3c(c(=O)[nH]2)[C@H](c2ccc(OC(C)C)cc2)CC(=O)N3)c1. The van der Waals surface area contributed by atoms with Gasteiger partial charge in [0.25, 0.3) is 5.56 Å². The molecule has 0 saturated carbocycles. The van der Waals surface area contributed by atoms with E-state index < -0.39 is 0 Å². The number of anilines is 1. The average Bonchev–Trinajstić information content (AvgIpc) is 2.71. The summed E-state index contributed by atoms with van der Waals surface area (Å²) in [4.78, 5) is 32.8. The van der Waals surface area contributed by atoms with Crippen LogP contribution in [0.2, 0.25) is 0 Å². The van der Waals surface area contributed by atoms with Gasteiger partial charge < -0.3 is 15.0 Å². The summed E-state index contributed by atoms with van der Waals surface area (Å²) in [5, 5.41) is 3.27. The summed E-state index contributed by atoms with van der Waals surface area (Å²) in [6.45, 7) is 5.98. The van der Waals surface area contributed by atoms with Gasteiger partial charge in [0.2, 0.25) is 5.91 Å². The molecule has 0 spiro atoms. The zero-order valence-electron chi connectivity index (χ0n) is 17.8. The van der Waals surface area contributed by atoms with Crippen molar-refractivity contribution in [1.82, 2.24) is 9.97 Å². The molecule has 2 N–H and O–H groups in total. The first-order valence-corrected chi connectivity index (χ1v) is 11.3. The number of thioether (sulfide) groups is 1. The quantitative estimate of drug-likeness (QED) is 0.436. The number of aromatic amines is 1. The Bertz CT molecular complexity index is 1160.